The van der Waals surface area contributed by atoms with E-state index in [0.717, 1.165) is 4.68 Å². The van der Waals surface area contributed by atoms with Gasteiger partial charge >= 0.3 is 5.97 Å². The second-order valence-electron chi connectivity index (χ2n) is 3.37. The van der Waals surface area contributed by atoms with Crippen LogP contribution < -0.4 is 5.56 Å². The molecule has 0 spiro atoms. The van der Waals surface area contributed by atoms with Gasteiger partial charge in [-0.05, 0) is 12.0 Å². The summed E-state index contributed by atoms with van der Waals surface area (Å²) in [6.45, 7) is 3.77. The lowest BCUT2D eigenvalue weighted by atomic mass is 10.1. The second kappa shape index (κ2) is 3.61. The Labute approximate surface area is 81.0 Å². The first-order chi connectivity index (χ1) is 6.43. The molecule has 5 heteroatoms. The van der Waals surface area contributed by atoms with E-state index in [4.69, 9.17) is 5.11 Å². The lowest BCUT2D eigenvalue weighted by molar-refractivity contribution is 0.0693. The van der Waals surface area contributed by atoms with Gasteiger partial charge in [-0.2, -0.15) is 5.10 Å². The fourth-order valence-electron chi connectivity index (χ4n) is 1.07. The smallest absolute Gasteiger partial charge is 0.341 e. The van der Waals surface area contributed by atoms with E-state index < -0.39 is 11.5 Å². The van der Waals surface area contributed by atoms with Gasteiger partial charge in [-0.3, -0.25) is 4.79 Å². The van der Waals surface area contributed by atoms with Crippen LogP contribution in [0.15, 0.2) is 10.9 Å². The molecule has 0 radical (unpaired) electrons. The monoisotopic (exact) mass is 196 g/mol. The summed E-state index contributed by atoms with van der Waals surface area (Å²) in [7, 11) is 1.45. The minimum atomic E-state index is -1.21. The van der Waals surface area contributed by atoms with Crippen molar-refractivity contribution < 1.29 is 9.90 Å². The maximum Gasteiger partial charge on any atom is 0.341 e. The number of aromatic carboxylic acids is 1. The van der Waals surface area contributed by atoms with E-state index in [1.54, 1.807) is 0 Å². The first kappa shape index (κ1) is 10.4. The summed E-state index contributed by atoms with van der Waals surface area (Å²) in [5.41, 5.74) is -0.211. The van der Waals surface area contributed by atoms with Gasteiger partial charge in [0.25, 0.3) is 5.56 Å². The van der Waals surface area contributed by atoms with Crippen molar-refractivity contribution in [1.29, 1.82) is 0 Å². The van der Waals surface area contributed by atoms with Crippen LogP contribution in [0.25, 0.3) is 0 Å². The number of carboxylic acid groups (broad SMARTS) is 1. The topological polar surface area (TPSA) is 72.2 Å². The maximum absolute atomic E-state index is 11.3. The van der Waals surface area contributed by atoms with Crippen LogP contribution >= 0.6 is 0 Å². The zero-order valence-electron chi connectivity index (χ0n) is 8.31. The van der Waals surface area contributed by atoms with Crippen LogP contribution in [0.5, 0.6) is 0 Å². The molecule has 1 heterocycles. The van der Waals surface area contributed by atoms with Crippen molar-refractivity contribution in [3.05, 3.63) is 27.7 Å². The Bertz CT molecular complexity index is 421. The predicted molar refractivity (Wildman–Crippen MR) is 50.5 cm³/mol. The number of aromatic nitrogens is 2. The summed E-state index contributed by atoms with van der Waals surface area (Å²) in [6, 6.07) is 1.33. The Balaban J connectivity index is 3.43. The number of hydrogen-bond acceptors (Lipinski definition) is 3. The SMILES string of the molecule is CC(C)c1cc(C(=O)O)c(=O)n(C)n1. The zero-order chi connectivity index (χ0) is 10.9. The molecule has 1 aromatic heterocycles. The molecule has 0 fully saturated rings. The van der Waals surface area contributed by atoms with E-state index in [-0.39, 0.29) is 11.5 Å². The van der Waals surface area contributed by atoms with Crippen LogP contribution in [0.2, 0.25) is 0 Å². The number of rotatable bonds is 2. The molecule has 0 unspecified atom stereocenters. The average Bonchev–Trinajstić information content (AvgIpc) is 2.08. The van der Waals surface area contributed by atoms with E-state index in [1.165, 1.54) is 13.1 Å². The lowest BCUT2D eigenvalue weighted by Gasteiger charge is -2.06. The summed E-state index contributed by atoms with van der Waals surface area (Å²) in [5.74, 6) is -1.12. The number of nitrogens with zero attached hydrogens (tertiary/aromatic N) is 2. The summed E-state index contributed by atoms with van der Waals surface area (Å²) >= 11 is 0. The normalized spacial score (nSPS) is 10.6. The minimum Gasteiger partial charge on any atom is -0.477 e. The van der Waals surface area contributed by atoms with Crippen molar-refractivity contribution in [3.8, 4) is 0 Å². The van der Waals surface area contributed by atoms with Crippen LogP contribution in [0.4, 0.5) is 0 Å². The molecule has 1 N–H and O–H groups in total. The molecule has 0 amide bonds. The molecule has 1 aromatic rings. The third-order valence-electron chi connectivity index (χ3n) is 1.90. The van der Waals surface area contributed by atoms with Crippen molar-refractivity contribution >= 4 is 5.97 Å². The standard InChI is InChI=1S/C9H12N2O3/c1-5(2)7-4-6(9(13)14)8(12)11(3)10-7/h4-5H,1-3H3,(H,13,14). The van der Waals surface area contributed by atoms with Crippen LogP contribution in [0, 0.1) is 0 Å². The largest absolute Gasteiger partial charge is 0.477 e. The first-order valence-corrected chi connectivity index (χ1v) is 4.25. The third-order valence-corrected chi connectivity index (χ3v) is 1.90. The van der Waals surface area contributed by atoms with Gasteiger partial charge in [0.1, 0.15) is 5.56 Å². The molecule has 0 saturated heterocycles. The predicted octanol–water partition coefficient (Wildman–Crippen LogP) is 0.602. The number of carboxylic acids is 1. The summed E-state index contributed by atoms with van der Waals surface area (Å²) in [5, 5.41) is 12.7. The van der Waals surface area contributed by atoms with E-state index in [9.17, 15) is 9.59 Å². The molecule has 0 aliphatic rings. The van der Waals surface area contributed by atoms with Gasteiger partial charge < -0.3 is 5.11 Å². The second-order valence-corrected chi connectivity index (χ2v) is 3.37. The van der Waals surface area contributed by atoms with E-state index in [0.29, 0.717) is 5.69 Å². The molecule has 76 valence electrons. The number of hydrogen-bond donors (Lipinski definition) is 1. The molecule has 1 rings (SSSR count). The van der Waals surface area contributed by atoms with Gasteiger partial charge in [-0.1, -0.05) is 13.8 Å². The number of carbonyl (C=O) groups is 1. The van der Waals surface area contributed by atoms with Gasteiger partial charge in [-0.15, -0.1) is 0 Å². The Kier molecular flexibility index (Phi) is 2.69. The third kappa shape index (κ3) is 1.81. The highest BCUT2D eigenvalue weighted by Crippen LogP contribution is 2.10. The number of aryl methyl sites for hydroxylation is 1. The van der Waals surface area contributed by atoms with Crippen molar-refractivity contribution in [2.75, 3.05) is 0 Å². The van der Waals surface area contributed by atoms with Gasteiger partial charge in [0.05, 0.1) is 5.69 Å². The minimum absolute atomic E-state index is 0.0971. The molecule has 14 heavy (non-hydrogen) atoms. The molecule has 0 atom stereocenters. The first-order valence-electron chi connectivity index (χ1n) is 4.25. The quantitative estimate of drug-likeness (QED) is 0.751. The van der Waals surface area contributed by atoms with E-state index in [1.807, 2.05) is 13.8 Å². The zero-order valence-corrected chi connectivity index (χ0v) is 8.31. The average molecular weight is 196 g/mol. The highest BCUT2D eigenvalue weighted by molar-refractivity contribution is 5.87. The molecule has 0 bridgehead atoms. The van der Waals surface area contributed by atoms with Gasteiger partial charge in [0.2, 0.25) is 0 Å². The highest BCUT2D eigenvalue weighted by atomic mass is 16.4. The Hall–Kier alpha value is -1.65. The van der Waals surface area contributed by atoms with Crippen LogP contribution in [0.1, 0.15) is 35.8 Å². The molecule has 0 aliphatic carbocycles. The maximum atomic E-state index is 11.3. The summed E-state index contributed by atoms with van der Waals surface area (Å²) in [6.07, 6.45) is 0. The van der Waals surface area contributed by atoms with Crippen molar-refractivity contribution in [2.24, 2.45) is 7.05 Å². The Morgan fingerprint density at radius 1 is 1.57 bits per heavy atom. The van der Waals surface area contributed by atoms with Crippen LogP contribution in [-0.4, -0.2) is 20.9 Å². The van der Waals surface area contributed by atoms with Crippen molar-refractivity contribution in [1.82, 2.24) is 9.78 Å². The van der Waals surface area contributed by atoms with E-state index >= 15 is 0 Å². The Morgan fingerprint density at radius 3 is 2.57 bits per heavy atom. The fraction of sp³-hybridized carbons (Fsp3) is 0.444. The molecule has 0 aromatic carbocycles. The Morgan fingerprint density at radius 2 is 2.14 bits per heavy atom. The van der Waals surface area contributed by atoms with Gasteiger partial charge in [-0.25, -0.2) is 9.48 Å². The highest BCUT2D eigenvalue weighted by Gasteiger charge is 2.13. The molecule has 0 saturated carbocycles. The molecular weight excluding hydrogens is 184 g/mol. The van der Waals surface area contributed by atoms with Gasteiger partial charge in [0, 0.05) is 7.05 Å². The van der Waals surface area contributed by atoms with E-state index in [2.05, 4.69) is 5.10 Å². The van der Waals surface area contributed by atoms with Crippen molar-refractivity contribution in [2.45, 2.75) is 19.8 Å². The van der Waals surface area contributed by atoms with Gasteiger partial charge in [0.15, 0.2) is 0 Å². The van der Waals surface area contributed by atoms with Crippen molar-refractivity contribution in [3.63, 3.8) is 0 Å². The van der Waals surface area contributed by atoms with Crippen LogP contribution in [-0.2, 0) is 7.05 Å². The van der Waals surface area contributed by atoms with Crippen LogP contribution in [0.3, 0.4) is 0 Å². The fourth-order valence-corrected chi connectivity index (χ4v) is 1.07. The molecule has 5 nitrogen and oxygen atoms in total. The molecular formula is C9H12N2O3. The molecule has 0 aliphatic heterocycles. The summed E-state index contributed by atoms with van der Waals surface area (Å²) in [4.78, 5) is 22.0. The summed E-state index contributed by atoms with van der Waals surface area (Å²) < 4.78 is 1.05. The lowest BCUT2D eigenvalue weighted by Crippen LogP contribution is -2.27.